The molecule has 2 fully saturated rings. The summed E-state index contributed by atoms with van der Waals surface area (Å²) in [7, 11) is 0. The second kappa shape index (κ2) is 5.55. The summed E-state index contributed by atoms with van der Waals surface area (Å²) in [5.41, 5.74) is 0. The zero-order chi connectivity index (χ0) is 10.7. The maximum absolute atomic E-state index is 3.59. The molecule has 3 unspecified atom stereocenters. The molecule has 2 heterocycles. The van der Waals surface area contributed by atoms with Crippen LogP contribution in [-0.4, -0.2) is 47.6 Å². The molecule has 2 aliphatic heterocycles. The lowest BCUT2D eigenvalue weighted by molar-refractivity contribution is 0.0991. The van der Waals surface area contributed by atoms with Crippen LogP contribution in [0.25, 0.3) is 0 Å². The number of thioether (sulfide) groups is 1. The number of hydrogen-bond acceptors (Lipinski definition) is 3. The molecule has 3 atom stereocenters. The van der Waals surface area contributed by atoms with Gasteiger partial charge in [0, 0.05) is 30.4 Å². The van der Waals surface area contributed by atoms with E-state index in [1.54, 1.807) is 0 Å². The van der Waals surface area contributed by atoms with Gasteiger partial charge in [-0.2, -0.15) is 11.8 Å². The van der Waals surface area contributed by atoms with E-state index in [1.807, 2.05) is 0 Å². The van der Waals surface area contributed by atoms with Gasteiger partial charge >= 0.3 is 0 Å². The summed E-state index contributed by atoms with van der Waals surface area (Å²) in [6.45, 7) is 7.05. The summed E-state index contributed by atoms with van der Waals surface area (Å²) >= 11 is 2.13. The fourth-order valence-corrected chi connectivity index (χ4v) is 4.23. The maximum atomic E-state index is 3.59. The summed E-state index contributed by atoms with van der Waals surface area (Å²) in [6.07, 6.45) is 4.11. The minimum Gasteiger partial charge on any atom is -0.314 e. The molecule has 1 N–H and O–H groups in total. The Kier molecular flexibility index (Phi) is 4.35. The highest BCUT2D eigenvalue weighted by Crippen LogP contribution is 2.28. The summed E-state index contributed by atoms with van der Waals surface area (Å²) in [4.78, 5) is 2.76. The van der Waals surface area contributed by atoms with Crippen molar-refractivity contribution in [2.75, 3.05) is 24.6 Å². The van der Waals surface area contributed by atoms with E-state index in [0.29, 0.717) is 0 Å². The molecule has 2 aliphatic rings. The van der Waals surface area contributed by atoms with Crippen LogP contribution in [-0.2, 0) is 0 Å². The first-order valence-corrected chi connectivity index (χ1v) is 7.53. The predicted molar refractivity (Wildman–Crippen MR) is 68.6 cm³/mol. The monoisotopic (exact) mass is 228 g/mol. The average Bonchev–Trinajstić information content (AvgIpc) is 2.71. The van der Waals surface area contributed by atoms with Gasteiger partial charge in [-0.25, -0.2) is 0 Å². The normalized spacial score (nSPS) is 38.4. The van der Waals surface area contributed by atoms with E-state index in [4.69, 9.17) is 0 Å². The molecule has 3 heteroatoms. The van der Waals surface area contributed by atoms with Crippen LogP contribution in [0.3, 0.4) is 0 Å². The molecule has 0 spiro atoms. The number of nitrogens with one attached hydrogen (secondary N) is 1. The Bertz CT molecular complexity index is 192. The third-order valence-electron chi connectivity index (χ3n) is 3.80. The lowest BCUT2D eigenvalue weighted by atomic mass is 9.96. The van der Waals surface area contributed by atoms with Gasteiger partial charge in [-0.15, -0.1) is 0 Å². The van der Waals surface area contributed by atoms with E-state index >= 15 is 0 Å². The highest BCUT2D eigenvalue weighted by Gasteiger charge is 2.31. The van der Waals surface area contributed by atoms with Gasteiger partial charge in [0.05, 0.1) is 0 Å². The Morgan fingerprint density at radius 3 is 2.87 bits per heavy atom. The van der Waals surface area contributed by atoms with Crippen LogP contribution in [0.1, 0.15) is 33.1 Å². The molecule has 0 radical (unpaired) electrons. The number of piperidine rings is 1. The second-order valence-electron chi connectivity index (χ2n) is 4.88. The van der Waals surface area contributed by atoms with Gasteiger partial charge in [0.2, 0.25) is 0 Å². The largest absolute Gasteiger partial charge is 0.314 e. The first-order chi connectivity index (χ1) is 7.31. The maximum Gasteiger partial charge on any atom is 0.0197 e. The fourth-order valence-electron chi connectivity index (χ4n) is 2.99. The Morgan fingerprint density at radius 2 is 2.27 bits per heavy atom. The van der Waals surface area contributed by atoms with E-state index in [2.05, 4.69) is 35.8 Å². The van der Waals surface area contributed by atoms with Crippen LogP contribution in [0.15, 0.2) is 0 Å². The van der Waals surface area contributed by atoms with Crippen LogP contribution < -0.4 is 5.32 Å². The van der Waals surface area contributed by atoms with Crippen molar-refractivity contribution in [1.29, 1.82) is 0 Å². The third kappa shape index (κ3) is 2.89. The first-order valence-electron chi connectivity index (χ1n) is 6.38. The summed E-state index contributed by atoms with van der Waals surface area (Å²) in [5, 5.41) is 3.59. The highest BCUT2D eigenvalue weighted by atomic mass is 32.2. The Hall–Kier alpha value is 0.270. The molecule has 0 amide bonds. The number of nitrogens with zero attached hydrogens (tertiary/aromatic N) is 1. The number of hydrogen-bond donors (Lipinski definition) is 1. The van der Waals surface area contributed by atoms with Crippen LogP contribution in [0, 0.1) is 0 Å². The molecule has 2 rings (SSSR count). The molecule has 0 aromatic carbocycles. The van der Waals surface area contributed by atoms with Crippen LogP contribution >= 0.6 is 11.8 Å². The van der Waals surface area contributed by atoms with Gasteiger partial charge in [-0.3, -0.25) is 4.90 Å². The minimum atomic E-state index is 0.773. The summed E-state index contributed by atoms with van der Waals surface area (Å²) in [6, 6.07) is 2.44. The molecule has 0 aromatic heterocycles. The van der Waals surface area contributed by atoms with Crippen molar-refractivity contribution >= 4 is 11.8 Å². The van der Waals surface area contributed by atoms with E-state index in [9.17, 15) is 0 Å². The van der Waals surface area contributed by atoms with Crippen molar-refractivity contribution < 1.29 is 0 Å². The van der Waals surface area contributed by atoms with Crippen LogP contribution in [0.4, 0.5) is 0 Å². The van der Waals surface area contributed by atoms with E-state index in [-0.39, 0.29) is 0 Å². The second-order valence-corrected chi connectivity index (χ2v) is 6.03. The van der Waals surface area contributed by atoms with Gasteiger partial charge < -0.3 is 5.32 Å². The molecule has 0 bridgehead atoms. The average molecular weight is 228 g/mol. The van der Waals surface area contributed by atoms with Crippen molar-refractivity contribution in [3.63, 3.8) is 0 Å². The van der Waals surface area contributed by atoms with Crippen molar-refractivity contribution in [2.24, 2.45) is 0 Å². The molecule has 0 saturated carbocycles. The minimum absolute atomic E-state index is 0.773. The third-order valence-corrected chi connectivity index (χ3v) is 4.94. The zero-order valence-corrected chi connectivity index (χ0v) is 10.9. The van der Waals surface area contributed by atoms with E-state index in [1.165, 1.54) is 37.3 Å². The summed E-state index contributed by atoms with van der Waals surface area (Å²) in [5.74, 6) is 2.75. The van der Waals surface area contributed by atoms with Crippen molar-refractivity contribution in [1.82, 2.24) is 10.2 Å². The molecular weight excluding hydrogens is 204 g/mol. The number of rotatable bonds is 3. The molecule has 0 aliphatic carbocycles. The predicted octanol–water partition coefficient (Wildman–Crippen LogP) is 1.95. The molecule has 2 nitrogen and oxygen atoms in total. The first kappa shape index (κ1) is 11.7. The van der Waals surface area contributed by atoms with Crippen LogP contribution in [0.5, 0.6) is 0 Å². The van der Waals surface area contributed by atoms with Crippen molar-refractivity contribution in [2.45, 2.75) is 51.2 Å². The van der Waals surface area contributed by atoms with Gasteiger partial charge in [-0.05, 0) is 38.5 Å². The topological polar surface area (TPSA) is 15.3 Å². The van der Waals surface area contributed by atoms with E-state index in [0.717, 1.165) is 24.7 Å². The zero-order valence-electron chi connectivity index (χ0n) is 10.0. The fraction of sp³-hybridized carbons (Fsp3) is 1.00. The Balaban J connectivity index is 1.83. The Morgan fingerprint density at radius 1 is 1.40 bits per heavy atom. The molecular formula is C12H24N2S. The highest BCUT2D eigenvalue weighted by molar-refractivity contribution is 7.99. The van der Waals surface area contributed by atoms with Crippen molar-refractivity contribution in [3.05, 3.63) is 0 Å². The van der Waals surface area contributed by atoms with Crippen LogP contribution in [0.2, 0.25) is 0 Å². The summed E-state index contributed by atoms with van der Waals surface area (Å²) < 4.78 is 0. The lowest BCUT2D eigenvalue weighted by Crippen LogP contribution is -2.51. The smallest absolute Gasteiger partial charge is 0.0197 e. The van der Waals surface area contributed by atoms with Gasteiger partial charge in [0.25, 0.3) is 0 Å². The molecule has 2 saturated heterocycles. The lowest BCUT2D eigenvalue weighted by Gasteiger charge is -2.41. The van der Waals surface area contributed by atoms with Gasteiger partial charge in [0.15, 0.2) is 0 Å². The molecule has 88 valence electrons. The van der Waals surface area contributed by atoms with Gasteiger partial charge in [-0.1, -0.05) is 6.92 Å². The SMILES string of the molecule is CCNC1CCN(C2CCSC2)C(C)C1. The molecule has 15 heavy (non-hydrogen) atoms. The van der Waals surface area contributed by atoms with Gasteiger partial charge in [0.1, 0.15) is 0 Å². The van der Waals surface area contributed by atoms with E-state index < -0.39 is 0 Å². The number of likely N-dealkylation sites (tertiary alicyclic amines) is 1. The Labute approximate surface area is 98.2 Å². The quantitative estimate of drug-likeness (QED) is 0.795. The van der Waals surface area contributed by atoms with Crippen molar-refractivity contribution in [3.8, 4) is 0 Å². The standard InChI is InChI=1S/C12H24N2S/c1-3-13-11-4-6-14(10(2)8-11)12-5-7-15-9-12/h10-13H,3-9H2,1-2H3. The molecule has 0 aromatic rings.